The minimum absolute atomic E-state index is 0.130. The molecule has 0 aliphatic rings. The van der Waals surface area contributed by atoms with Crippen LogP contribution in [-0.4, -0.2) is 43.1 Å². The Hall–Kier alpha value is -3.35. The molecule has 0 aromatic heterocycles. The Morgan fingerprint density at radius 1 is 1.00 bits per heavy atom. The highest BCUT2D eigenvalue weighted by Gasteiger charge is 2.12. The monoisotopic (exact) mass is 430 g/mol. The van der Waals surface area contributed by atoms with Crippen molar-refractivity contribution in [1.82, 2.24) is 0 Å². The van der Waals surface area contributed by atoms with Crippen molar-refractivity contribution in [2.24, 2.45) is 0 Å². The third kappa shape index (κ3) is 7.44. The number of unbranched alkanes of at least 4 members (excludes halogenated alkanes) is 1. The van der Waals surface area contributed by atoms with Gasteiger partial charge < -0.3 is 29.2 Å². The number of hydrogen-bond acceptors (Lipinski definition) is 6. The Morgan fingerprint density at radius 2 is 1.77 bits per heavy atom. The average molecular weight is 430 g/mol. The van der Waals surface area contributed by atoms with E-state index in [1.165, 1.54) is 6.08 Å². The van der Waals surface area contributed by atoms with Gasteiger partial charge in [-0.25, -0.2) is 4.79 Å². The van der Waals surface area contributed by atoms with E-state index in [2.05, 4.69) is 6.92 Å². The highest BCUT2D eigenvalue weighted by atomic mass is 16.5. The van der Waals surface area contributed by atoms with Crippen molar-refractivity contribution in [3.8, 4) is 23.0 Å². The van der Waals surface area contributed by atoms with Crippen LogP contribution in [0.5, 0.6) is 23.0 Å². The Morgan fingerprint density at radius 3 is 2.45 bits per heavy atom. The number of carboxylic acids is 1. The zero-order chi connectivity index (χ0) is 22.6. The van der Waals surface area contributed by atoms with E-state index >= 15 is 0 Å². The second-order valence-electron chi connectivity index (χ2n) is 6.75. The largest absolute Gasteiger partial charge is 0.508 e. The Kier molecular flexibility index (Phi) is 9.55. The molecule has 0 radical (unpaired) electrons. The topological polar surface area (TPSA) is 94.5 Å². The first-order valence-electron chi connectivity index (χ1n) is 10.3. The molecule has 0 aliphatic carbocycles. The molecule has 0 saturated heterocycles. The van der Waals surface area contributed by atoms with Gasteiger partial charge in [0.2, 0.25) is 5.76 Å². The first-order chi connectivity index (χ1) is 15.0. The minimum Gasteiger partial charge on any atom is -0.508 e. The smallest absolute Gasteiger partial charge is 0.371 e. The van der Waals surface area contributed by atoms with Crippen LogP contribution in [0, 0.1) is 0 Å². The average Bonchev–Trinajstić information content (AvgIpc) is 2.75. The molecule has 0 fully saturated rings. The SMILES string of the molecule is CCCCOc1cc(/C=C(/OCC)C(=O)O)ccc1OCCc1ccc(O)cc1OC. The van der Waals surface area contributed by atoms with E-state index in [9.17, 15) is 15.0 Å². The van der Waals surface area contributed by atoms with Crippen molar-refractivity contribution < 1.29 is 34.0 Å². The van der Waals surface area contributed by atoms with E-state index in [1.807, 2.05) is 0 Å². The predicted molar refractivity (Wildman–Crippen MR) is 118 cm³/mol. The highest BCUT2D eigenvalue weighted by Crippen LogP contribution is 2.31. The summed E-state index contributed by atoms with van der Waals surface area (Å²) in [5.41, 5.74) is 1.56. The van der Waals surface area contributed by atoms with Crippen molar-refractivity contribution in [3.63, 3.8) is 0 Å². The van der Waals surface area contributed by atoms with Crippen LogP contribution >= 0.6 is 0 Å². The normalized spacial score (nSPS) is 11.1. The van der Waals surface area contributed by atoms with Crippen LogP contribution in [0.2, 0.25) is 0 Å². The quantitative estimate of drug-likeness (QED) is 0.271. The van der Waals surface area contributed by atoms with Gasteiger partial charge in [0.15, 0.2) is 11.5 Å². The molecule has 2 aromatic carbocycles. The van der Waals surface area contributed by atoms with Crippen LogP contribution in [-0.2, 0) is 16.0 Å². The number of methoxy groups -OCH3 is 1. The summed E-state index contributed by atoms with van der Waals surface area (Å²) in [4.78, 5) is 11.3. The lowest BCUT2D eigenvalue weighted by Crippen LogP contribution is -2.06. The fourth-order valence-corrected chi connectivity index (χ4v) is 2.86. The van der Waals surface area contributed by atoms with E-state index in [4.69, 9.17) is 18.9 Å². The molecule has 168 valence electrons. The standard InChI is InChI=1S/C24H30O7/c1-4-6-12-30-22-14-17(15-23(24(26)27)29-5-2)7-10-20(22)31-13-11-18-8-9-19(25)16-21(18)28-3/h7-10,14-16,25H,4-6,11-13H2,1-3H3,(H,26,27)/b23-15+. The maximum absolute atomic E-state index is 11.3. The zero-order valence-electron chi connectivity index (χ0n) is 18.2. The van der Waals surface area contributed by atoms with Crippen molar-refractivity contribution in [2.45, 2.75) is 33.1 Å². The summed E-state index contributed by atoms with van der Waals surface area (Å²) in [6, 6.07) is 10.2. The summed E-state index contributed by atoms with van der Waals surface area (Å²) in [5.74, 6) is 0.596. The van der Waals surface area contributed by atoms with Gasteiger partial charge in [-0.1, -0.05) is 25.5 Å². The molecule has 0 saturated carbocycles. The van der Waals surface area contributed by atoms with Gasteiger partial charge in [-0.05, 0) is 48.7 Å². The number of phenolic OH excluding ortho intramolecular Hbond substituents is 1. The predicted octanol–water partition coefficient (Wildman–Crippen LogP) is 4.66. The Balaban J connectivity index is 2.17. The lowest BCUT2D eigenvalue weighted by molar-refractivity contribution is -0.136. The molecule has 0 atom stereocenters. The molecule has 0 heterocycles. The van der Waals surface area contributed by atoms with Crippen LogP contribution in [0.3, 0.4) is 0 Å². The summed E-state index contributed by atoms with van der Waals surface area (Å²) in [6.07, 6.45) is 3.92. The second kappa shape index (κ2) is 12.4. The van der Waals surface area contributed by atoms with E-state index in [0.29, 0.717) is 42.4 Å². The number of aromatic hydroxyl groups is 1. The van der Waals surface area contributed by atoms with Crippen LogP contribution in [0.15, 0.2) is 42.2 Å². The second-order valence-corrected chi connectivity index (χ2v) is 6.75. The molecule has 0 aliphatic heterocycles. The Bertz CT molecular complexity index is 889. The molecule has 0 amide bonds. The van der Waals surface area contributed by atoms with Gasteiger partial charge in [-0.15, -0.1) is 0 Å². The van der Waals surface area contributed by atoms with Gasteiger partial charge in [0.1, 0.15) is 11.5 Å². The molecular weight excluding hydrogens is 400 g/mol. The third-order valence-corrected chi connectivity index (χ3v) is 4.43. The molecule has 2 N–H and O–H groups in total. The van der Waals surface area contributed by atoms with E-state index < -0.39 is 5.97 Å². The van der Waals surface area contributed by atoms with Crippen LogP contribution < -0.4 is 14.2 Å². The van der Waals surface area contributed by atoms with Gasteiger partial charge in [0.05, 0.1) is 26.9 Å². The fraction of sp³-hybridized carbons (Fsp3) is 0.375. The lowest BCUT2D eigenvalue weighted by Gasteiger charge is -2.15. The number of rotatable bonds is 13. The minimum atomic E-state index is -1.13. The zero-order valence-corrected chi connectivity index (χ0v) is 18.2. The number of hydrogen-bond donors (Lipinski definition) is 2. The molecule has 0 unspecified atom stereocenters. The molecule has 7 nitrogen and oxygen atoms in total. The van der Waals surface area contributed by atoms with Gasteiger partial charge >= 0.3 is 5.97 Å². The van der Waals surface area contributed by atoms with E-state index in [1.54, 1.807) is 50.4 Å². The molecule has 0 spiro atoms. The van der Waals surface area contributed by atoms with Crippen molar-refractivity contribution >= 4 is 12.0 Å². The summed E-state index contributed by atoms with van der Waals surface area (Å²) in [6.45, 7) is 4.98. The van der Waals surface area contributed by atoms with Gasteiger partial charge in [0, 0.05) is 12.5 Å². The molecule has 2 aromatic rings. The van der Waals surface area contributed by atoms with Gasteiger partial charge in [0.25, 0.3) is 0 Å². The van der Waals surface area contributed by atoms with Crippen molar-refractivity contribution in [2.75, 3.05) is 26.9 Å². The first kappa shape index (κ1) is 23.9. The van der Waals surface area contributed by atoms with E-state index in [0.717, 1.165) is 18.4 Å². The summed E-state index contributed by atoms with van der Waals surface area (Å²) >= 11 is 0. The molecule has 31 heavy (non-hydrogen) atoms. The third-order valence-electron chi connectivity index (χ3n) is 4.43. The van der Waals surface area contributed by atoms with Gasteiger partial charge in [-0.2, -0.15) is 0 Å². The summed E-state index contributed by atoms with van der Waals surface area (Å²) in [5, 5.41) is 18.9. The number of ether oxygens (including phenoxy) is 4. The number of benzene rings is 2. The molecule has 2 rings (SSSR count). The molecule has 0 bridgehead atoms. The van der Waals surface area contributed by atoms with Crippen LogP contribution in [0.1, 0.15) is 37.8 Å². The number of carbonyl (C=O) groups is 1. The van der Waals surface area contributed by atoms with Crippen LogP contribution in [0.25, 0.3) is 6.08 Å². The summed E-state index contributed by atoms with van der Waals surface area (Å²) < 4.78 is 22.3. The van der Waals surface area contributed by atoms with Crippen molar-refractivity contribution in [3.05, 3.63) is 53.3 Å². The maximum Gasteiger partial charge on any atom is 0.371 e. The maximum atomic E-state index is 11.3. The van der Waals surface area contributed by atoms with E-state index in [-0.39, 0.29) is 18.1 Å². The lowest BCUT2D eigenvalue weighted by atomic mass is 10.1. The number of carboxylic acid groups (broad SMARTS) is 1. The molecule has 7 heteroatoms. The number of phenols is 1. The first-order valence-corrected chi connectivity index (χ1v) is 10.3. The Labute approximate surface area is 182 Å². The molecular formula is C24H30O7. The highest BCUT2D eigenvalue weighted by molar-refractivity contribution is 5.90. The summed E-state index contributed by atoms with van der Waals surface area (Å²) in [7, 11) is 1.55. The van der Waals surface area contributed by atoms with Gasteiger partial charge in [-0.3, -0.25) is 0 Å². The van der Waals surface area contributed by atoms with Crippen LogP contribution in [0.4, 0.5) is 0 Å². The van der Waals surface area contributed by atoms with Crippen molar-refractivity contribution in [1.29, 1.82) is 0 Å². The number of aliphatic carboxylic acids is 1. The fourth-order valence-electron chi connectivity index (χ4n) is 2.86.